The number of nitrogens with zero attached hydrogens (tertiary/aromatic N) is 2. The summed E-state index contributed by atoms with van der Waals surface area (Å²) >= 11 is 0. The Labute approximate surface area is 133 Å². The van der Waals surface area contributed by atoms with E-state index in [1.54, 1.807) is 0 Å². The lowest BCUT2D eigenvalue weighted by Crippen LogP contribution is -2.49. The van der Waals surface area contributed by atoms with Gasteiger partial charge in [0, 0.05) is 12.6 Å². The van der Waals surface area contributed by atoms with Gasteiger partial charge in [-0.05, 0) is 38.0 Å². The Bertz CT molecular complexity index is 439. The number of rotatable bonds is 6. The first-order valence-electron chi connectivity index (χ1n) is 8.90. The predicted octanol–water partition coefficient (Wildman–Crippen LogP) is 2.71. The lowest BCUT2D eigenvalue weighted by Gasteiger charge is -2.31. The Kier molecular flexibility index (Phi) is 4.44. The molecule has 2 saturated carbocycles. The molecule has 3 amide bonds. The summed E-state index contributed by atoms with van der Waals surface area (Å²) in [5, 5.41) is 3.01. The Morgan fingerprint density at radius 3 is 2.50 bits per heavy atom. The predicted molar refractivity (Wildman–Crippen MR) is 85.2 cm³/mol. The molecule has 2 aliphatic carbocycles. The maximum atomic E-state index is 12.8. The second-order valence-corrected chi connectivity index (χ2v) is 7.67. The highest BCUT2D eigenvalue weighted by Gasteiger charge is 2.51. The third-order valence-electron chi connectivity index (χ3n) is 5.33. The fourth-order valence-corrected chi connectivity index (χ4v) is 3.71. The van der Waals surface area contributed by atoms with Crippen molar-refractivity contribution in [1.29, 1.82) is 0 Å². The molecule has 1 aliphatic heterocycles. The SMILES string of the molecule is CC(C)CCN(CN1C(=O)NC2(CCCCC2)C1=O)C1CC1. The highest BCUT2D eigenvalue weighted by molar-refractivity contribution is 6.07. The van der Waals surface area contributed by atoms with Gasteiger partial charge in [-0.3, -0.25) is 9.69 Å². The van der Waals surface area contributed by atoms with Crippen LogP contribution in [-0.4, -0.2) is 46.5 Å². The molecule has 0 bridgehead atoms. The topological polar surface area (TPSA) is 52.6 Å². The molecule has 0 aromatic rings. The van der Waals surface area contributed by atoms with Crippen LogP contribution in [0.25, 0.3) is 0 Å². The van der Waals surface area contributed by atoms with Gasteiger partial charge in [0.25, 0.3) is 5.91 Å². The van der Waals surface area contributed by atoms with Crippen molar-refractivity contribution in [3.63, 3.8) is 0 Å². The van der Waals surface area contributed by atoms with E-state index in [0.717, 1.165) is 38.6 Å². The van der Waals surface area contributed by atoms with Crippen molar-refractivity contribution < 1.29 is 9.59 Å². The number of nitrogens with one attached hydrogen (secondary N) is 1. The van der Waals surface area contributed by atoms with Gasteiger partial charge in [0.1, 0.15) is 5.54 Å². The van der Waals surface area contributed by atoms with E-state index in [4.69, 9.17) is 0 Å². The van der Waals surface area contributed by atoms with Gasteiger partial charge in [0.05, 0.1) is 6.67 Å². The number of hydrogen-bond acceptors (Lipinski definition) is 3. The molecule has 1 saturated heterocycles. The summed E-state index contributed by atoms with van der Waals surface area (Å²) in [7, 11) is 0. The van der Waals surface area contributed by atoms with Crippen molar-refractivity contribution in [3.8, 4) is 0 Å². The van der Waals surface area contributed by atoms with Crippen LogP contribution in [-0.2, 0) is 4.79 Å². The largest absolute Gasteiger partial charge is 0.326 e. The highest BCUT2D eigenvalue weighted by atomic mass is 16.2. The average Bonchev–Trinajstić information content (AvgIpc) is 3.29. The first kappa shape index (κ1) is 15.8. The van der Waals surface area contributed by atoms with E-state index in [0.29, 0.717) is 18.6 Å². The smallest absolute Gasteiger partial charge is 0.323 e. The monoisotopic (exact) mass is 307 g/mol. The zero-order chi connectivity index (χ0) is 15.7. The van der Waals surface area contributed by atoms with Gasteiger partial charge in [-0.1, -0.05) is 33.1 Å². The van der Waals surface area contributed by atoms with Gasteiger partial charge < -0.3 is 5.32 Å². The molecule has 3 rings (SSSR count). The molecule has 5 heteroatoms. The fraction of sp³-hybridized carbons (Fsp3) is 0.882. The van der Waals surface area contributed by atoms with Crippen LogP contribution in [0.4, 0.5) is 4.79 Å². The van der Waals surface area contributed by atoms with Crippen molar-refractivity contribution in [1.82, 2.24) is 15.1 Å². The van der Waals surface area contributed by atoms with Crippen LogP contribution in [0.5, 0.6) is 0 Å². The van der Waals surface area contributed by atoms with Crippen LogP contribution in [0.2, 0.25) is 0 Å². The second kappa shape index (κ2) is 6.19. The summed E-state index contributed by atoms with van der Waals surface area (Å²) in [6.45, 7) is 5.89. The van der Waals surface area contributed by atoms with E-state index >= 15 is 0 Å². The van der Waals surface area contributed by atoms with Gasteiger partial charge in [-0.2, -0.15) is 0 Å². The minimum absolute atomic E-state index is 0.0207. The van der Waals surface area contributed by atoms with Crippen LogP contribution in [0.3, 0.4) is 0 Å². The van der Waals surface area contributed by atoms with Gasteiger partial charge in [0.2, 0.25) is 0 Å². The Morgan fingerprint density at radius 2 is 1.91 bits per heavy atom. The van der Waals surface area contributed by atoms with Crippen molar-refractivity contribution in [2.75, 3.05) is 13.2 Å². The summed E-state index contributed by atoms with van der Waals surface area (Å²) in [6, 6.07) is 0.393. The molecule has 124 valence electrons. The standard InChI is InChI=1S/C17H29N3O2/c1-13(2)8-11-19(14-6-7-14)12-20-15(21)17(18-16(20)22)9-4-3-5-10-17/h13-14H,3-12H2,1-2H3,(H,18,22). The summed E-state index contributed by atoms with van der Waals surface area (Å²) in [5.74, 6) is 0.668. The lowest BCUT2D eigenvalue weighted by atomic mass is 9.82. The van der Waals surface area contributed by atoms with Crippen LogP contribution >= 0.6 is 0 Å². The molecule has 0 atom stereocenters. The van der Waals surface area contributed by atoms with E-state index in [1.807, 2.05) is 0 Å². The zero-order valence-electron chi connectivity index (χ0n) is 13.9. The van der Waals surface area contributed by atoms with Gasteiger partial charge >= 0.3 is 6.03 Å². The maximum absolute atomic E-state index is 12.8. The third kappa shape index (κ3) is 3.14. The number of urea groups is 1. The number of carbonyl (C=O) groups excluding carboxylic acids is 2. The third-order valence-corrected chi connectivity index (χ3v) is 5.33. The quantitative estimate of drug-likeness (QED) is 0.768. The van der Waals surface area contributed by atoms with Gasteiger partial charge in [0.15, 0.2) is 0 Å². The summed E-state index contributed by atoms with van der Waals surface area (Å²) < 4.78 is 0. The first-order valence-corrected chi connectivity index (χ1v) is 8.90. The van der Waals surface area contributed by atoms with E-state index in [1.165, 1.54) is 24.2 Å². The van der Waals surface area contributed by atoms with E-state index < -0.39 is 5.54 Å². The first-order chi connectivity index (χ1) is 10.5. The van der Waals surface area contributed by atoms with Crippen molar-refractivity contribution >= 4 is 11.9 Å². The molecule has 1 N–H and O–H groups in total. The minimum atomic E-state index is -0.581. The molecule has 3 aliphatic rings. The number of imide groups is 1. The van der Waals surface area contributed by atoms with Crippen LogP contribution in [0, 0.1) is 5.92 Å². The highest BCUT2D eigenvalue weighted by Crippen LogP contribution is 2.35. The molecule has 0 radical (unpaired) electrons. The minimum Gasteiger partial charge on any atom is -0.323 e. The Hall–Kier alpha value is -1.10. The normalized spacial score (nSPS) is 24.6. The van der Waals surface area contributed by atoms with Gasteiger partial charge in [-0.15, -0.1) is 0 Å². The van der Waals surface area contributed by atoms with E-state index in [-0.39, 0.29) is 11.9 Å². The molecule has 0 aromatic heterocycles. The average molecular weight is 307 g/mol. The van der Waals surface area contributed by atoms with E-state index in [2.05, 4.69) is 24.1 Å². The van der Waals surface area contributed by atoms with Crippen molar-refractivity contribution in [2.45, 2.75) is 76.8 Å². The molecular weight excluding hydrogens is 278 g/mol. The van der Waals surface area contributed by atoms with Crippen molar-refractivity contribution in [3.05, 3.63) is 0 Å². The molecule has 0 aromatic carbocycles. The van der Waals surface area contributed by atoms with Crippen LogP contribution in [0.1, 0.15) is 65.2 Å². The van der Waals surface area contributed by atoms with Crippen molar-refractivity contribution in [2.24, 2.45) is 5.92 Å². The molecular formula is C17H29N3O2. The molecule has 1 spiro atoms. The Balaban J connectivity index is 1.65. The number of hydrogen-bond donors (Lipinski definition) is 1. The van der Waals surface area contributed by atoms with E-state index in [9.17, 15) is 9.59 Å². The van der Waals surface area contributed by atoms with Crippen LogP contribution in [0.15, 0.2) is 0 Å². The number of amides is 3. The molecule has 5 nitrogen and oxygen atoms in total. The number of carbonyl (C=O) groups is 2. The lowest BCUT2D eigenvalue weighted by molar-refractivity contribution is -0.134. The second-order valence-electron chi connectivity index (χ2n) is 7.67. The van der Waals surface area contributed by atoms with Crippen LogP contribution < -0.4 is 5.32 Å². The molecule has 22 heavy (non-hydrogen) atoms. The fourth-order valence-electron chi connectivity index (χ4n) is 3.71. The maximum Gasteiger partial charge on any atom is 0.326 e. The summed E-state index contributed by atoms with van der Waals surface area (Å²) in [4.78, 5) is 29.0. The van der Waals surface area contributed by atoms with Gasteiger partial charge in [-0.25, -0.2) is 9.69 Å². The molecule has 0 unspecified atom stereocenters. The molecule has 1 heterocycles. The zero-order valence-corrected chi connectivity index (χ0v) is 13.9. The Morgan fingerprint density at radius 1 is 1.23 bits per heavy atom. The molecule has 3 fully saturated rings. The summed E-state index contributed by atoms with van der Waals surface area (Å²) in [6.07, 6.45) is 8.39. The summed E-state index contributed by atoms with van der Waals surface area (Å²) in [5.41, 5.74) is -0.581.